The Kier molecular flexibility index (Phi) is 2.15. The number of imidazole rings is 1. The lowest BCUT2D eigenvalue weighted by molar-refractivity contribution is 0.768. The molecule has 0 saturated carbocycles. The van der Waals surface area contributed by atoms with E-state index >= 15 is 0 Å². The summed E-state index contributed by atoms with van der Waals surface area (Å²) in [6.45, 7) is 0. The molecule has 3 aromatic heterocycles. The second kappa shape index (κ2) is 3.56. The summed E-state index contributed by atoms with van der Waals surface area (Å²) in [5, 5.41) is 4.10. The number of H-pyrrole nitrogens is 1. The van der Waals surface area contributed by atoms with Crippen molar-refractivity contribution >= 4 is 21.6 Å². The molecular weight excluding hydrogens is 286 g/mol. The Labute approximate surface area is 104 Å². The maximum absolute atomic E-state index is 11.7. The van der Waals surface area contributed by atoms with E-state index in [1.54, 1.807) is 27.7 Å². The van der Waals surface area contributed by atoms with Gasteiger partial charge in [-0.2, -0.15) is 5.10 Å². The Bertz CT molecular complexity index is 753. The summed E-state index contributed by atoms with van der Waals surface area (Å²) < 4.78 is 4.05. The second-order valence-electron chi connectivity index (χ2n) is 3.67. The predicted octanol–water partition coefficient (Wildman–Crippen LogP) is 1.19. The standard InChI is InChI=1S/C10H8BrN5O/c1-15-4-6(2-13-15)7-3-12-9-10(17)14-8(11)5-16(7)9/h2-5H,1H3,(H,14,17). The van der Waals surface area contributed by atoms with Gasteiger partial charge in [0.05, 0.1) is 18.1 Å². The molecular formula is C10H8BrN5O. The van der Waals surface area contributed by atoms with Crippen molar-refractivity contribution in [3.05, 3.63) is 39.7 Å². The molecule has 3 heterocycles. The summed E-state index contributed by atoms with van der Waals surface area (Å²) in [7, 11) is 1.84. The van der Waals surface area contributed by atoms with E-state index in [-0.39, 0.29) is 5.56 Å². The minimum absolute atomic E-state index is 0.227. The highest BCUT2D eigenvalue weighted by molar-refractivity contribution is 9.10. The Morgan fingerprint density at radius 1 is 1.35 bits per heavy atom. The van der Waals surface area contributed by atoms with Gasteiger partial charge in [0.2, 0.25) is 5.65 Å². The first-order valence-electron chi connectivity index (χ1n) is 4.90. The monoisotopic (exact) mass is 293 g/mol. The molecule has 0 amide bonds. The van der Waals surface area contributed by atoms with Crippen molar-refractivity contribution in [1.29, 1.82) is 0 Å². The first kappa shape index (κ1) is 10.3. The maximum atomic E-state index is 11.7. The molecule has 0 aliphatic carbocycles. The van der Waals surface area contributed by atoms with E-state index in [0.29, 0.717) is 10.3 Å². The predicted molar refractivity (Wildman–Crippen MR) is 65.7 cm³/mol. The highest BCUT2D eigenvalue weighted by Gasteiger charge is 2.10. The van der Waals surface area contributed by atoms with Crippen LogP contribution in [0.2, 0.25) is 0 Å². The van der Waals surface area contributed by atoms with Crippen LogP contribution in [0.5, 0.6) is 0 Å². The highest BCUT2D eigenvalue weighted by Crippen LogP contribution is 2.19. The van der Waals surface area contributed by atoms with Crippen LogP contribution in [0.25, 0.3) is 16.9 Å². The number of aromatic amines is 1. The van der Waals surface area contributed by atoms with Crippen LogP contribution in [0.1, 0.15) is 0 Å². The molecule has 6 nitrogen and oxygen atoms in total. The van der Waals surface area contributed by atoms with E-state index in [1.807, 2.05) is 13.2 Å². The van der Waals surface area contributed by atoms with Crippen molar-refractivity contribution < 1.29 is 0 Å². The fourth-order valence-corrected chi connectivity index (χ4v) is 2.12. The summed E-state index contributed by atoms with van der Waals surface area (Å²) in [6, 6.07) is 0. The molecule has 0 radical (unpaired) electrons. The minimum atomic E-state index is -0.227. The zero-order valence-electron chi connectivity index (χ0n) is 8.88. The van der Waals surface area contributed by atoms with E-state index in [9.17, 15) is 4.79 Å². The van der Waals surface area contributed by atoms with Gasteiger partial charge in [-0.05, 0) is 15.9 Å². The largest absolute Gasteiger partial charge is 0.312 e. The molecule has 0 unspecified atom stereocenters. The summed E-state index contributed by atoms with van der Waals surface area (Å²) in [4.78, 5) is 18.4. The smallest absolute Gasteiger partial charge is 0.292 e. The highest BCUT2D eigenvalue weighted by atomic mass is 79.9. The number of rotatable bonds is 1. The van der Waals surface area contributed by atoms with Gasteiger partial charge in [0.1, 0.15) is 4.60 Å². The molecule has 17 heavy (non-hydrogen) atoms. The van der Waals surface area contributed by atoms with Crippen LogP contribution in [0.3, 0.4) is 0 Å². The third kappa shape index (κ3) is 1.59. The zero-order chi connectivity index (χ0) is 12.0. The van der Waals surface area contributed by atoms with Crippen LogP contribution in [0.15, 0.2) is 34.2 Å². The first-order valence-corrected chi connectivity index (χ1v) is 5.69. The number of nitrogens with zero attached hydrogens (tertiary/aromatic N) is 4. The van der Waals surface area contributed by atoms with Crippen LogP contribution in [-0.2, 0) is 7.05 Å². The van der Waals surface area contributed by atoms with Gasteiger partial charge in [0, 0.05) is 25.0 Å². The normalized spacial score (nSPS) is 11.2. The summed E-state index contributed by atoms with van der Waals surface area (Å²) in [6.07, 6.45) is 7.04. The first-order chi connectivity index (χ1) is 8.15. The van der Waals surface area contributed by atoms with Crippen molar-refractivity contribution in [2.24, 2.45) is 7.05 Å². The number of hydrogen-bond donors (Lipinski definition) is 1. The Hall–Kier alpha value is -1.89. The maximum Gasteiger partial charge on any atom is 0.292 e. The van der Waals surface area contributed by atoms with Gasteiger partial charge in [-0.25, -0.2) is 4.98 Å². The second-order valence-corrected chi connectivity index (χ2v) is 4.53. The van der Waals surface area contributed by atoms with E-state index in [4.69, 9.17) is 0 Å². The van der Waals surface area contributed by atoms with Gasteiger partial charge in [0.15, 0.2) is 0 Å². The third-order valence-corrected chi connectivity index (χ3v) is 2.88. The van der Waals surface area contributed by atoms with Crippen molar-refractivity contribution in [1.82, 2.24) is 24.1 Å². The number of aromatic nitrogens is 5. The van der Waals surface area contributed by atoms with E-state index < -0.39 is 0 Å². The Morgan fingerprint density at radius 2 is 2.18 bits per heavy atom. The minimum Gasteiger partial charge on any atom is -0.312 e. The average molecular weight is 294 g/mol. The Balaban J connectivity index is 2.35. The molecule has 86 valence electrons. The molecule has 0 aliphatic rings. The van der Waals surface area contributed by atoms with Crippen LogP contribution in [0.4, 0.5) is 0 Å². The fourth-order valence-electron chi connectivity index (χ4n) is 1.74. The van der Waals surface area contributed by atoms with Gasteiger partial charge in [0.25, 0.3) is 5.56 Å². The van der Waals surface area contributed by atoms with Crippen molar-refractivity contribution in [3.8, 4) is 11.3 Å². The lowest BCUT2D eigenvalue weighted by Gasteiger charge is -1.98. The molecule has 0 saturated heterocycles. The van der Waals surface area contributed by atoms with Crippen LogP contribution in [0, 0.1) is 0 Å². The molecule has 3 aromatic rings. The lowest BCUT2D eigenvalue weighted by atomic mass is 10.3. The number of fused-ring (bicyclic) bond motifs is 1. The van der Waals surface area contributed by atoms with Gasteiger partial charge >= 0.3 is 0 Å². The molecule has 0 aliphatic heterocycles. The molecule has 0 atom stereocenters. The summed E-state index contributed by atoms with van der Waals surface area (Å²) in [5.41, 5.74) is 1.89. The Morgan fingerprint density at radius 3 is 2.88 bits per heavy atom. The van der Waals surface area contributed by atoms with Crippen molar-refractivity contribution in [3.63, 3.8) is 0 Å². The fraction of sp³-hybridized carbons (Fsp3) is 0.100. The van der Waals surface area contributed by atoms with Crippen LogP contribution in [-0.4, -0.2) is 24.1 Å². The number of aryl methyl sites for hydroxylation is 1. The average Bonchev–Trinajstić information content (AvgIpc) is 2.83. The molecule has 1 N–H and O–H groups in total. The molecule has 0 bridgehead atoms. The number of nitrogens with one attached hydrogen (secondary N) is 1. The quantitative estimate of drug-likeness (QED) is 0.733. The topological polar surface area (TPSA) is 68.0 Å². The van der Waals surface area contributed by atoms with Gasteiger partial charge in [-0.3, -0.25) is 13.9 Å². The van der Waals surface area contributed by atoms with Gasteiger partial charge in [-0.15, -0.1) is 0 Å². The molecule has 0 spiro atoms. The summed E-state index contributed by atoms with van der Waals surface area (Å²) >= 11 is 3.25. The van der Waals surface area contributed by atoms with Crippen molar-refractivity contribution in [2.45, 2.75) is 0 Å². The van der Waals surface area contributed by atoms with E-state index in [1.165, 1.54) is 0 Å². The SMILES string of the molecule is Cn1cc(-c2cnc3c(=O)[nH]c(Br)cn23)cn1. The number of halogens is 1. The molecule has 0 aromatic carbocycles. The number of hydrogen-bond acceptors (Lipinski definition) is 3. The molecule has 0 fully saturated rings. The summed E-state index contributed by atoms with van der Waals surface area (Å²) in [5.74, 6) is 0. The van der Waals surface area contributed by atoms with Crippen LogP contribution >= 0.6 is 15.9 Å². The van der Waals surface area contributed by atoms with Crippen LogP contribution < -0.4 is 5.56 Å². The van der Waals surface area contributed by atoms with Gasteiger partial charge < -0.3 is 4.98 Å². The van der Waals surface area contributed by atoms with Crippen molar-refractivity contribution in [2.75, 3.05) is 0 Å². The molecule has 3 rings (SSSR count). The zero-order valence-corrected chi connectivity index (χ0v) is 10.5. The van der Waals surface area contributed by atoms with E-state index in [0.717, 1.165) is 11.3 Å². The third-order valence-electron chi connectivity index (χ3n) is 2.48. The van der Waals surface area contributed by atoms with Gasteiger partial charge in [-0.1, -0.05) is 0 Å². The lowest BCUT2D eigenvalue weighted by Crippen LogP contribution is -2.10. The van der Waals surface area contributed by atoms with E-state index in [2.05, 4.69) is 31.0 Å². The molecule has 7 heteroatoms.